The first kappa shape index (κ1) is 12.4. The molecule has 0 saturated carbocycles. The van der Waals surface area contributed by atoms with Gasteiger partial charge in [-0.15, -0.1) is 0 Å². The van der Waals surface area contributed by atoms with Crippen LogP contribution in [0.3, 0.4) is 0 Å². The summed E-state index contributed by atoms with van der Waals surface area (Å²) in [5, 5.41) is 0. The van der Waals surface area contributed by atoms with Gasteiger partial charge in [0.1, 0.15) is 0 Å². The van der Waals surface area contributed by atoms with Gasteiger partial charge in [0.15, 0.2) is 0 Å². The summed E-state index contributed by atoms with van der Waals surface area (Å²) in [4.78, 5) is 0. The fourth-order valence-corrected chi connectivity index (χ4v) is 3.28. The maximum absolute atomic E-state index is 2.30. The first-order chi connectivity index (χ1) is 8.02. The Morgan fingerprint density at radius 1 is 0.765 bits per heavy atom. The maximum atomic E-state index is 2.30. The van der Waals surface area contributed by atoms with Crippen molar-refractivity contribution in [1.29, 1.82) is 0 Å². The average molecular weight is 228 g/mol. The van der Waals surface area contributed by atoms with E-state index in [1.807, 2.05) is 0 Å². The van der Waals surface area contributed by atoms with E-state index in [4.69, 9.17) is 0 Å². The number of allylic oxidation sites excluding steroid dienone is 2. The number of fused-ring (bicyclic) bond motifs is 1. The first-order valence-corrected chi connectivity index (χ1v) is 6.83. The van der Waals surface area contributed by atoms with E-state index >= 15 is 0 Å². The molecule has 0 saturated heterocycles. The first-order valence-electron chi connectivity index (χ1n) is 6.83. The maximum Gasteiger partial charge on any atom is -0.00523 e. The Morgan fingerprint density at radius 3 is 1.88 bits per heavy atom. The van der Waals surface area contributed by atoms with Crippen molar-refractivity contribution >= 4 is 5.57 Å². The second-order valence-electron chi connectivity index (χ2n) is 5.32. The highest BCUT2D eigenvalue weighted by Crippen LogP contribution is 2.42. The Morgan fingerprint density at radius 2 is 1.35 bits per heavy atom. The molecule has 1 aliphatic carbocycles. The summed E-state index contributed by atoms with van der Waals surface area (Å²) in [6.45, 7) is 13.7. The summed E-state index contributed by atoms with van der Waals surface area (Å²) in [6.07, 6.45) is 3.58. The molecule has 1 aromatic carbocycles. The van der Waals surface area contributed by atoms with Crippen molar-refractivity contribution in [3.8, 4) is 0 Å². The van der Waals surface area contributed by atoms with E-state index in [0.29, 0.717) is 0 Å². The van der Waals surface area contributed by atoms with E-state index in [0.717, 1.165) is 0 Å². The molecule has 0 heteroatoms. The highest BCUT2D eigenvalue weighted by molar-refractivity contribution is 5.80. The van der Waals surface area contributed by atoms with Gasteiger partial charge in [-0.25, -0.2) is 0 Å². The molecule has 0 bridgehead atoms. The van der Waals surface area contributed by atoms with Crippen LogP contribution >= 0.6 is 0 Å². The molecule has 0 unspecified atom stereocenters. The van der Waals surface area contributed by atoms with Crippen LogP contribution in [0.4, 0.5) is 0 Å². The summed E-state index contributed by atoms with van der Waals surface area (Å²) in [5.74, 6) is 0. The zero-order valence-corrected chi connectivity index (χ0v) is 12.1. The summed E-state index contributed by atoms with van der Waals surface area (Å²) < 4.78 is 0. The van der Waals surface area contributed by atoms with E-state index < -0.39 is 0 Å². The minimum atomic E-state index is 1.18. The molecule has 0 amide bonds. The zero-order chi connectivity index (χ0) is 12.7. The molecular formula is C17H24. The summed E-state index contributed by atoms with van der Waals surface area (Å²) in [5.41, 5.74) is 12.5. The molecule has 0 spiro atoms. The van der Waals surface area contributed by atoms with Crippen LogP contribution in [0.15, 0.2) is 5.57 Å². The van der Waals surface area contributed by atoms with E-state index in [9.17, 15) is 0 Å². The lowest BCUT2D eigenvalue weighted by Crippen LogP contribution is -2.00. The third kappa shape index (κ3) is 1.66. The van der Waals surface area contributed by atoms with Gasteiger partial charge in [0, 0.05) is 0 Å². The third-order valence-electron chi connectivity index (χ3n) is 4.72. The molecule has 1 aliphatic rings. The third-order valence-corrected chi connectivity index (χ3v) is 4.72. The molecule has 0 radical (unpaired) electrons. The molecule has 1 aromatic rings. The van der Waals surface area contributed by atoms with Crippen LogP contribution in [0.5, 0.6) is 0 Å². The number of hydrogen-bond acceptors (Lipinski definition) is 0. The predicted octanol–water partition coefficient (Wildman–Crippen LogP) is 5.05. The van der Waals surface area contributed by atoms with Gasteiger partial charge in [-0.3, -0.25) is 0 Å². The van der Waals surface area contributed by atoms with Crippen LogP contribution in [0.2, 0.25) is 0 Å². The van der Waals surface area contributed by atoms with Crippen LogP contribution in [0, 0.1) is 27.7 Å². The fourth-order valence-electron chi connectivity index (χ4n) is 3.28. The molecule has 0 fully saturated rings. The summed E-state index contributed by atoms with van der Waals surface area (Å²) in [6, 6.07) is 0. The number of benzene rings is 1. The van der Waals surface area contributed by atoms with Gasteiger partial charge >= 0.3 is 0 Å². The molecule has 92 valence electrons. The minimum Gasteiger partial charge on any atom is -0.0623 e. The quantitative estimate of drug-likeness (QED) is 0.664. The van der Waals surface area contributed by atoms with E-state index in [1.165, 1.54) is 41.5 Å². The van der Waals surface area contributed by atoms with Gasteiger partial charge in [0.05, 0.1) is 0 Å². The molecule has 2 rings (SSSR count). The van der Waals surface area contributed by atoms with Gasteiger partial charge in [0.2, 0.25) is 0 Å². The second kappa shape index (κ2) is 4.33. The molecule has 0 N–H and O–H groups in total. The molecule has 17 heavy (non-hydrogen) atoms. The van der Waals surface area contributed by atoms with E-state index in [-0.39, 0.29) is 0 Å². The summed E-state index contributed by atoms with van der Waals surface area (Å²) in [7, 11) is 0. The SMILES string of the molecule is CCC1=C(CC)c2c(C)c(C)c(C)c(C)c2C1. The molecule has 0 heterocycles. The molecule has 0 atom stereocenters. The van der Waals surface area contributed by atoms with Crippen LogP contribution < -0.4 is 0 Å². The van der Waals surface area contributed by atoms with Crippen molar-refractivity contribution in [1.82, 2.24) is 0 Å². The van der Waals surface area contributed by atoms with Gasteiger partial charge in [0.25, 0.3) is 0 Å². The second-order valence-corrected chi connectivity index (χ2v) is 5.32. The van der Waals surface area contributed by atoms with Crippen LogP contribution in [0.25, 0.3) is 5.57 Å². The lowest BCUT2D eigenvalue weighted by Gasteiger charge is -2.17. The topological polar surface area (TPSA) is 0 Å². The Labute approximate surface area is 106 Å². The fraction of sp³-hybridized carbons (Fsp3) is 0.529. The van der Waals surface area contributed by atoms with Crippen molar-refractivity contribution in [3.05, 3.63) is 39.0 Å². The van der Waals surface area contributed by atoms with Gasteiger partial charge < -0.3 is 0 Å². The van der Waals surface area contributed by atoms with Crippen molar-refractivity contribution < 1.29 is 0 Å². The lowest BCUT2D eigenvalue weighted by molar-refractivity contribution is 1.01. The van der Waals surface area contributed by atoms with Crippen LogP contribution in [-0.4, -0.2) is 0 Å². The highest BCUT2D eigenvalue weighted by Gasteiger charge is 2.24. The largest absolute Gasteiger partial charge is 0.0623 e. The van der Waals surface area contributed by atoms with Crippen molar-refractivity contribution in [2.45, 2.75) is 60.8 Å². The van der Waals surface area contributed by atoms with Crippen molar-refractivity contribution in [3.63, 3.8) is 0 Å². The highest BCUT2D eigenvalue weighted by atomic mass is 14.3. The lowest BCUT2D eigenvalue weighted by atomic mass is 9.88. The van der Waals surface area contributed by atoms with Gasteiger partial charge in [-0.2, -0.15) is 0 Å². The monoisotopic (exact) mass is 228 g/mol. The van der Waals surface area contributed by atoms with Crippen LogP contribution in [0.1, 0.15) is 60.1 Å². The van der Waals surface area contributed by atoms with Crippen molar-refractivity contribution in [2.75, 3.05) is 0 Å². The van der Waals surface area contributed by atoms with Crippen molar-refractivity contribution in [2.24, 2.45) is 0 Å². The number of rotatable bonds is 2. The standard InChI is InChI=1S/C17H24/c1-7-14-9-16-12(5)10(3)11(4)13(6)17(16)15(14)8-2/h7-9H2,1-6H3. The summed E-state index contributed by atoms with van der Waals surface area (Å²) >= 11 is 0. The molecular weight excluding hydrogens is 204 g/mol. The predicted molar refractivity (Wildman–Crippen MR) is 76.6 cm³/mol. The Balaban J connectivity index is 2.75. The minimum absolute atomic E-state index is 1.18. The molecule has 0 aromatic heterocycles. The smallest absolute Gasteiger partial charge is 0.00523 e. The van der Waals surface area contributed by atoms with Gasteiger partial charge in [-0.05, 0) is 85.9 Å². The van der Waals surface area contributed by atoms with E-state index in [1.54, 1.807) is 22.3 Å². The average Bonchev–Trinajstić information content (AvgIpc) is 2.72. The number of hydrogen-bond donors (Lipinski definition) is 0. The molecule has 0 aliphatic heterocycles. The Hall–Kier alpha value is -1.04. The Bertz CT molecular complexity index is 502. The zero-order valence-electron chi connectivity index (χ0n) is 12.1. The van der Waals surface area contributed by atoms with Gasteiger partial charge in [-0.1, -0.05) is 19.4 Å². The molecule has 0 nitrogen and oxygen atoms in total. The van der Waals surface area contributed by atoms with E-state index in [2.05, 4.69) is 41.5 Å². The normalized spacial score (nSPS) is 14.5. The van der Waals surface area contributed by atoms with Crippen LogP contribution in [-0.2, 0) is 6.42 Å². The Kier molecular flexibility index (Phi) is 3.16.